The van der Waals surface area contributed by atoms with Crippen molar-refractivity contribution in [2.24, 2.45) is 0 Å². The van der Waals surface area contributed by atoms with E-state index in [4.69, 9.17) is 9.97 Å². The summed E-state index contributed by atoms with van der Waals surface area (Å²) in [4.78, 5) is 103. The molecule has 7 aromatic carbocycles. The largest absolute Gasteiger partial charge is 0.293 e. The van der Waals surface area contributed by atoms with E-state index in [2.05, 4.69) is 0 Å². The van der Waals surface area contributed by atoms with Gasteiger partial charge in [0.25, 0.3) is 0 Å². The number of rotatable bonds is 15. The number of pyridine rings is 2. The van der Waals surface area contributed by atoms with Crippen LogP contribution in [0, 0.1) is 49.4 Å². The summed E-state index contributed by atoms with van der Waals surface area (Å²) in [5, 5.41) is 0.869. The van der Waals surface area contributed by atoms with Crippen molar-refractivity contribution in [1.29, 1.82) is 0 Å². The Bertz CT molecular complexity index is 3100. The van der Waals surface area contributed by atoms with E-state index in [1.165, 1.54) is 0 Å². The molecule has 0 saturated heterocycles. The normalized spacial score (nSPS) is 11.1. The molecular formula is C57H38EuN2O6. The SMILES string of the molecule is O=C(c1ccccc1)C(C(=O)c1ccccc1)c1nc2c(ccc3cccnc32)c(C(C(=O)c2ccccc2)C(=O)c2ccccc2)c1C(C(=O)c1ccccc1)C(=O)c1ccccc1.[Eu]. The monoisotopic (exact) mass is 999 g/mol. The standard InChI is InChI=1S/C57H38N2O6.Eu/c60-52(37-20-7-1-8-21-37)46(53(61)38-22-9-2-10-23-38)44-43-34-33-36-32-19-35-58-49(36)50(43)59-51(48(56(64)41-28-15-5-16-29-41)57(65)42-30-17-6-18-31-42)45(44)47(54(62)39-24-11-3-12-25-39)55(63)40-26-13-4-14-27-40;/h1-35,46-48H;. The molecule has 0 aliphatic carbocycles. The molecule has 0 unspecified atom stereocenters. The fourth-order valence-corrected chi connectivity index (χ4v) is 8.50. The maximum Gasteiger partial charge on any atom is 0.179 e. The molecule has 2 heterocycles. The van der Waals surface area contributed by atoms with E-state index in [9.17, 15) is 0 Å². The maximum absolute atomic E-state index is 15.6. The van der Waals surface area contributed by atoms with Crippen molar-refractivity contribution in [2.45, 2.75) is 17.8 Å². The van der Waals surface area contributed by atoms with Crippen LogP contribution >= 0.6 is 0 Å². The number of Topliss-reactive ketones (excluding diaryl/α,β-unsaturated/α-hetero) is 6. The van der Waals surface area contributed by atoms with Gasteiger partial charge in [-0.25, -0.2) is 4.98 Å². The van der Waals surface area contributed by atoms with Crippen molar-refractivity contribution in [3.8, 4) is 0 Å². The van der Waals surface area contributed by atoms with Crippen LogP contribution in [-0.4, -0.2) is 44.7 Å². The Morgan fingerprint density at radius 2 is 0.636 bits per heavy atom. The average Bonchev–Trinajstić information content (AvgIpc) is 3.38. The smallest absolute Gasteiger partial charge is 0.179 e. The number of fused-ring (bicyclic) bond motifs is 3. The van der Waals surface area contributed by atoms with Crippen molar-refractivity contribution >= 4 is 56.5 Å². The first-order valence-corrected chi connectivity index (χ1v) is 21.1. The second kappa shape index (κ2) is 20.4. The third-order valence-electron chi connectivity index (χ3n) is 11.6. The van der Waals surface area contributed by atoms with Crippen LogP contribution in [0.25, 0.3) is 21.8 Å². The summed E-state index contributed by atoms with van der Waals surface area (Å²) < 4.78 is 0. The Labute approximate surface area is 421 Å². The molecule has 9 heteroatoms. The summed E-state index contributed by atoms with van der Waals surface area (Å²) in [5.41, 5.74) is 0.973. The van der Waals surface area contributed by atoms with Crippen molar-refractivity contribution < 1.29 is 78.1 Å². The van der Waals surface area contributed by atoms with E-state index in [0.717, 1.165) is 0 Å². The fourth-order valence-electron chi connectivity index (χ4n) is 8.50. The molecule has 0 aliphatic rings. The molecule has 0 atom stereocenters. The number of ketones is 6. The Hall–Kier alpha value is -7.04. The molecule has 8 nitrogen and oxygen atoms in total. The second-order valence-electron chi connectivity index (χ2n) is 15.5. The number of carbonyl (C=O) groups is 6. The molecule has 0 spiro atoms. The predicted octanol–water partition coefficient (Wildman–Crippen LogP) is 11.3. The molecule has 9 rings (SSSR count). The molecule has 1 radical (unpaired) electrons. The zero-order valence-electron chi connectivity index (χ0n) is 35.2. The van der Waals surface area contributed by atoms with Gasteiger partial charge in [0, 0.05) is 99.7 Å². The molecule has 0 amide bonds. The van der Waals surface area contributed by atoms with Crippen LogP contribution in [0.15, 0.2) is 212 Å². The molecule has 2 aromatic heterocycles. The van der Waals surface area contributed by atoms with E-state index >= 15 is 28.8 Å². The number of carbonyl (C=O) groups excluding carboxylic acids is 6. The van der Waals surface area contributed by atoms with Gasteiger partial charge in [0.15, 0.2) is 34.7 Å². The van der Waals surface area contributed by atoms with Gasteiger partial charge in [-0.2, -0.15) is 0 Å². The minimum atomic E-state index is -1.84. The molecule has 0 saturated carbocycles. The zero-order chi connectivity index (χ0) is 44.9. The van der Waals surface area contributed by atoms with E-state index in [-0.39, 0.29) is 110 Å². The summed E-state index contributed by atoms with van der Waals surface area (Å²) in [6.07, 6.45) is 1.57. The van der Waals surface area contributed by atoms with Crippen LogP contribution in [0.3, 0.4) is 0 Å². The van der Waals surface area contributed by atoms with Crippen molar-refractivity contribution in [2.75, 3.05) is 0 Å². The third kappa shape index (κ3) is 8.98. The number of aromatic nitrogens is 2. The zero-order valence-corrected chi connectivity index (χ0v) is 37.6. The number of nitrogens with zero attached hydrogens (tertiary/aromatic N) is 2. The number of benzene rings is 7. The van der Waals surface area contributed by atoms with Gasteiger partial charge < -0.3 is 0 Å². The Morgan fingerprint density at radius 3 is 0.985 bits per heavy atom. The van der Waals surface area contributed by atoms with E-state index in [1.807, 2.05) is 6.07 Å². The Balaban J connectivity index is 0.00000592. The first kappa shape index (κ1) is 45.5. The van der Waals surface area contributed by atoms with E-state index < -0.39 is 52.5 Å². The molecule has 66 heavy (non-hydrogen) atoms. The first-order valence-electron chi connectivity index (χ1n) is 21.1. The van der Waals surface area contributed by atoms with E-state index in [0.29, 0.717) is 10.9 Å². The molecule has 0 aliphatic heterocycles. The number of hydrogen-bond donors (Lipinski definition) is 0. The summed E-state index contributed by atoms with van der Waals surface area (Å²) in [5.74, 6) is -9.41. The van der Waals surface area contributed by atoms with Crippen molar-refractivity contribution in [3.63, 3.8) is 0 Å². The molecule has 0 bridgehead atoms. The topological polar surface area (TPSA) is 128 Å². The predicted molar refractivity (Wildman–Crippen MR) is 250 cm³/mol. The van der Waals surface area contributed by atoms with Gasteiger partial charge >= 0.3 is 0 Å². The minimum absolute atomic E-state index is 0. The van der Waals surface area contributed by atoms with Gasteiger partial charge in [-0.15, -0.1) is 0 Å². The Morgan fingerprint density at radius 1 is 0.318 bits per heavy atom. The number of hydrogen-bond acceptors (Lipinski definition) is 8. The second-order valence-corrected chi connectivity index (χ2v) is 15.5. The van der Waals surface area contributed by atoms with Gasteiger partial charge in [-0.3, -0.25) is 33.8 Å². The van der Waals surface area contributed by atoms with Crippen LogP contribution in [0.2, 0.25) is 0 Å². The van der Waals surface area contributed by atoms with Gasteiger partial charge in [0.05, 0.1) is 16.7 Å². The Kier molecular flexibility index (Phi) is 14.1. The van der Waals surface area contributed by atoms with Crippen LogP contribution in [0.4, 0.5) is 0 Å². The minimum Gasteiger partial charge on any atom is -0.293 e. The average molecular weight is 999 g/mol. The summed E-state index contributed by atoms with van der Waals surface area (Å²) in [6.45, 7) is 0. The fraction of sp³-hybridized carbons (Fsp3) is 0.0526. The van der Waals surface area contributed by atoms with Crippen molar-refractivity contribution in [1.82, 2.24) is 9.97 Å². The van der Waals surface area contributed by atoms with Crippen LogP contribution in [0.5, 0.6) is 0 Å². The molecule has 319 valence electrons. The van der Waals surface area contributed by atoms with Gasteiger partial charge in [0.2, 0.25) is 0 Å². The molecule has 9 aromatic rings. The van der Waals surface area contributed by atoms with Gasteiger partial charge in [-0.1, -0.05) is 200 Å². The van der Waals surface area contributed by atoms with Gasteiger partial charge in [0.1, 0.15) is 17.8 Å². The summed E-state index contributed by atoms with van der Waals surface area (Å²) in [7, 11) is 0. The first-order chi connectivity index (χ1) is 31.8. The van der Waals surface area contributed by atoms with Crippen LogP contribution < -0.4 is 0 Å². The summed E-state index contributed by atoms with van der Waals surface area (Å²) in [6, 6.07) is 56.5. The van der Waals surface area contributed by atoms with Gasteiger partial charge in [-0.05, 0) is 17.2 Å². The molecule has 0 N–H and O–H groups in total. The molecular weight excluding hydrogens is 961 g/mol. The third-order valence-corrected chi connectivity index (χ3v) is 11.6. The summed E-state index contributed by atoms with van der Waals surface area (Å²) >= 11 is 0. The van der Waals surface area contributed by atoms with E-state index in [1.54, 1.807) is 206 Å². The van der Waals surface area contributed by atoms with Crippen LogP contribution in [0.1, 0.15) is 96.7 Å². The van der Waals surface area contributed by atoms with Crippen LogP contribution in [-0.2, 0) is 0 Å². The maximum atomic E-state index is 15.6. The molecule has 0 fully saturated rings. The quantitative estimate of drug-likeness (QED) is 0.0564. The van der Waals surface area contributed by atoms with Crippen molar-refractivity contribution in [3.05, 3.63) is 263 Å².